The van der Waals surface area contributed by atoms with E-state index in [1.807, 2.05) is 48.9 Å². The van der Waals surface area contributed by atoms with Gasteiger partial charge in [0, 0.05) is 23.0 Å². The Hall–Kier alpha value is -3.39. The molecule has 0 saturated heterocycles. The van der Waals surface area contributed by atoms with E-state index in [9.17, 15) is 10.1 Å². The number of nitriles is 1. The van der Waals surface area contributed by atoms with Crippen LogP contribution in [-0.2, 0) is 12.8 Å². The zero-order valence-corrected chi connectivity index (χ0v) is 17.0. The molecular formula is C24H24N4O. The van der Waals surface area contributed by atoms with Crippen LogP contribution in [0.4, 0.5) is 5.69 Å². The van der Waals surface area contributed by atoms with Gasteiger partial charge in [-0.3, -0.25) is 4.79 Å². The summed E-state index contributed by atoms with van der Waals surface area (Å²) in [5, 5.41) is 14.0. The molecule has 5 nitrogen and oxygen atoms in total. The Morgan fingerprint density at radius 2 is 1.97 bits per heavy atom. The average molecular weight is 384 g/mol. The minimum absolute atomic E-state index is 0.0582. The van der Waals surface area contributed by atoms with Gasteiger partial charge in [0.15, 0.2) is 5.69 Å². The fourth-order valence-electron chi connectivity index (χ4n) is 4.10. The molecule has 0 N–H and O–H groups in total. The van der Waals surface area contributed by atoms with Gasteiger partial charge in [0.1, 0.15) is 0 Å². The van der Waals surface area contributed by atoms with Crippen LogP contribution in [0.25, 0.3) is 5.69 Å². The number of aromatic nitrogens is 2. The Balaban J connectivity index is 1.82. The Bertz CT molecular complexity index is 1120. The molecule has 1 amide bonds. The van der Waals surface area contributed by atoms with Crippen molar-refractivity contribution >= 4 is 11.6 Å². The topological polar surface area (TPSA) is 61.9 Å². The second kappa shape index (κ2) is 7.56. The predicted octanol–water partition coefficient (Wildman–Crippen LogP) is 4.60. The largest absolute Gasteiger partial charge is 0.304 e. The van der Waals surface area contributed by atoms with Crippen molar-refractivity contribution in [2.24, 2.45) is 0 Å². The van der Waals surface area contributed by atoms with E-state index < -0.39 is 0 Å². The molecule has 1 aliphatic rings. The number of aryl methyl sites for hydroxylation is 1. The molecule has 146 valence electrons. The first-order valence-corrected chi connectivity index (χ1v) is 10.0. The number of fused-ring (bicyclic) bond motifs is 1. The van der Waals surface area contributed by atoms with Crippen molar-refractivity contribution in [3.63, 3.8) is 0 Å². The molecule has 3 aromatic rings. The van der Waals surface area contributed by atoms with Gasteiger partial charge in [-0.05, 0) is 69.9 Å². The van der Waals surface area contributed by atoms with E-state index in [1.54, 1.807) is 17.0 Å². The number of amides is 1. The Morgan fingerprint density at radius 3 is 2.69 bits per heavy atom. The zero-order chi connectivity index (χ0) is 20.5. The van der Waals surface area contributed by atoms with Crippen molar-refractivity contribution < 1.29 is 4.79 Å². The van der Waals surface area contributed by atoms with Crippen LogP contribution in [0.5, 0.6) is 0 Å². The van der Waals surface area contributed by atoms with Crippen LogP contribution in [0, 0.1) is 18.3 Å². The minimum Gasteiger partial charge on any atom is -0.304 e. The monoisotopic (exact) mass is 384 g/mol. The summed E-state index contributed by atoms with van der Waals surface area (Å²) >= 11 is 0. The number of para-hydroxylation sites is 1. The van der Waals surface area contributed by atoms with Crippen molar-refractivity contribution in [3.05, 3.63) is 76.6 Å². The van der Waals surface area contributed by atoms with Gasteiger partial charge in [-0.2, -0.15) is 10.4 Å². The number of anilines is 1. The first-order valence-electron chi connectivity index (χ1n) is 10.0. The Morgan fingerprint density at radius 1 is 1.17 bits per heavy atom. The van der Waals surface area contributed by atoms with E-state index in [0.29, 0.717) is 11.3 Å². The van der Waals surface area contributed by atoms with Crippen molar-refractivity contribution in [2.75, 3.05) is 4.90 Å². The second-order valence-corrected chi connectivity index (χ2v) is 7.76. The van der Waals surface area contributed by atoms with Crippen LogP contribution in [0.15, 0.2) is 48.5 Å². The lowest BCUT2D eigenvalue weighted by molar-refractivity contribution is 0.0974. The van der Waals surface area contributed by atoms with E-state index in [1.165, 1.54) is 0 Å². The third-order valence-electron chi connectivity index (χ3n) is 5.47. The summed E-state index contributed by atoms with van der Waals surface area (Å²) in [6.45, 7) is 6.03. The van der Waals surface area contributed by atoms with Crippen molar-refractivity contribution in [1.29, 1.82) is 5.26 Å². The van der Waals surface area contributed by atoms with E-state index in [2.05, 4.69) is 19.1 Å². The molecule has 0 fully saturated rings. The fourth-order valence-corrected chi connectivity index (χ4v) is 4.10. The Kier molecular flexibility index (Phi) is 4.94. The third kappa shape index (κ3) is 3.31. The molecule has 0 bridgehead atoms. The van der Waals surface area contributed by atoms with Crippen LogP contribution in [0.3, 0.4) is 0 Å². The number of carbonyl (C=O) groups is 1. The highest BCUT2D eigenvalue weighted by molar-refractivity contribution is 6.06. The summed E-state index contributed by atoms with van der Waals surface area (Å²) < 4.78 is 1.95. The summed E-state index contributed by atoms with van der Waals surface area (Å²) in [5.74, 6) is -0.111. The van der Waals surface area contributed by atoms with Gasteiger partial charge in [-0.25, -0.2) is 4.68 Å². The number of hydrogen-bond acceptors (Lipinski definition) is 3. The zero-order valence-electron chi connectivity index (χ0n) is 17.0. The second-order valence-electron chi connectivity index (χ2n) is 7.76. The minimum atomic E-state index is -0.111. The molecule has 1 aliphatic carbocycles. The first kappa shape index (κ1) is 18.9. The number of benzene rings is 2. The number of rotatable bonds is 4. The quantitative estimate of drug-likeness (QED) is 0.661. The molecule has 0 spiro atoms. The van der Waals surface area contributed by atoms with Gasteiger partial charge < -0.3 is 4.90 Å². The first-order chi connectivity index (χ1) is 14.0. The smallest absolute Gasteiger partial charge is 0.279 e. The van der Waals surface area contributed by atoms with Gasteiger partial charge in [-0.15, -0.1) is 0 Å². The van der Waals surface area contributed by atoms with Gasteiger partial charge in [0.05, 0.1) is 17.3 Å². The molecule has 4 rings (SSSR count). The summed E-state index contributed by atoms with van der Waals surface area (Å²) in [6, 6.07) is 17.4. The maximum Gasteiger partial charge on any atom is 0.279 e. The molecule has 0 aliphatic heterocycles. The molecule has 5 heteroatoms. The fraction of sp³-hybridized carbons (Fsp3) is 0.292. The van der Waals surface area contributed by atoms with Gasteiger partial charge in [0.2, 0.25) is 0 Å². The lowest BCUT2D eigenvalue weighted by Gasteiger charge is -2.26. The van der Waals surface area contributed by atoms with Crippen LogP contribution in [0.2, 0.25) is 0 Å². The van der Waals surface area contributed by atoms with Crippen LogP contribution in [0.1, 0.15) is 53.1 Å². The highest BCUT2D eigenvalue weighted by atomic mass is 16.2. The molecule has 0 unspecified atom stereocenters. The molecule has 0 radical (unpaired) electrons. The summed E-state index contributed by atoms with van der Waals surface area (Å²) in [7, 11) is 0. The molecule has 29 heavy (non-hydrogen) atoms. The van der Waals surface area contributed by atoms with Gasteiger partial charge in [-0.1, -0.05) is 24.3 Å². The molecule has 0 atom stereocenters. The SMILES string of the molecule is Cc1ccccc1-n1nc(C(=O)N(c2cccc(C#N)c2)C(C)C)c2c1CCC2. The Labute approximate surface area is 171 Å². The van der Waals surface area contributed by atoms with Crippen molar-refractivity contribution in [1.82, 2.24) is 9.78 Å². The maximum atomic E-state index is 13.6. The molecular weight excluding hydrogens is 360 g/mol. The van der Waals surface area contributed by atoms with Gasteiger partial charge in [0.25, 0.3) is 5.91 Å². The lowest BCUT2D eigenvalue weighted by atomic mass is 10.1. The van der Waals surface area contributed by atoms with Crippen molar-refractivity contribution in [2.45, 2.75) is 46.1 Å². The highest BCUT2D eigenvalue weighted by Crippen LogP contribution is 2.31. The number of nitrogens with zero attached hydrogens (tertiary/aromatic N) is 4. The van der Waals surface area contributed by atoms with E-state index >= 15 is 0 Å². The average Bonchev–Trinajstić information content (AvgIpc) is 3.31. The number of carbonyl (C=O) groups excluding carboxylic acids is 1. The highest BCUT2D eigenvalue weighted by Gasteiger charge is 2.31. The standard InChI is InChI=1S/C24H24N4O/c1-16(2)27(19-10-6-9-18(14-19)15-25)24(29)23-20-11-7-13-22(20)28(26-23)21-12-5-4-8-17(21)3/h4-6,8-10,12,14,16H,7,11,13H2,1-3H3. The summed E-state index contributed by atoms with van der Waals surface area (Å²) in [5.41, 5.74) is 6.13. The maximum absolute atomic E-state index is 13.6. The molecule has 1 aromatic heterocycles. The predicted molar refractivity (Wildman–Crippen MR) is 113 cm³/mol. The van der Waals surface area contributed by atoms with Crippen molar-refractivity contribution in [3.8, 4) is 11.8 Å². The third-order valence-corrected chi connectivity index (χ3v) is 5.47. The van der Waals surface area contributed by atoms with Crippen LogP contribution in [-0.4, -0.2) is 21.7 Å². The van der Waals surface area contributed by atoms with Crippen LogP contribution >= 0.6 is 0 Å². The molecule has 0 saturated carbocycles. The lowest BCUT2D eigenvalue weighted by Crippen LogP contribution is -2.37. The number of hydrogen-bond donors (Lipinski definition) is 0. The molecule has 1 heterocycles. The van der Waals surface area contributed by atoms with E-state index in [0.717, 1.165) is 47.5 Å². The summed E-state index contributed by atoms with van der Waals surface area (Å²) in [6.07, 6.45) is 2.83. The van der Waals surface area contributed by atoms with E-state index in [4.69, 9.17) is 5.10 Å². The van der Waals surface area contributed by atoms with Crippen LogP contribution < -0.4 is 4.90 Å². The van der Waals surface area contributed by atoms with E-state index in [-0.39, 0.29) is 11.9 Å². The van der Waals surface area contributed by atoms with Gasteiger partial charge >= 0.3 is 0 Å². The normalized spacial score (nSPS) is 12.7. The molecule has 2 aromatic carbocycles. The summed E-state index contributed by atoms with van der Waals surface area (Å²) in [4.78, 5) is 15.4.